The predicted molar refractivity (Wildman–Crippen MR) is 115 cm³/mol. The molecule has 156 valence electrons. The van der Waals surface area contributed by atoms with E-state index in [2.05, 4.69) is 6.58 Å². The van der Waals surface area contributed by atoms with Crippen molar-refractivity contribution in [3.63, 3.8) is 0 Å². The zero-order chi connectivity index (χ0) is 21.5. The summed E-state index contributed by atoms with van der Waals surface area (Å²) in [5, 5.41) is 10.1. The molecule has 0 fully saturated rings. The van der Waals surface area contributed by atoms with Gasteiger partial charge in [0, 0.05) is 0 Å². The second-order valence-electron chi connectivity index (χ2n) is 7.26. The largest absolute Gasteiger partial charge is 0.508 e. The van der Waals surface area contributed by atoms with Crippen LogP contribution in [0.2, 0.25) is 0 Å². The first kappa shape index (κ1) is 24.2. The number of hydrogen-bond donors (Lipinski definition) is 2. The minimum absolute atomic E-state index is 0.158. The lowest BCUT2D eigenvalue weighted by Gasteiger charge is -2.16. The van der Waals surface area contributed by atoms with E-state index in [1.54, 1.807) is 13.0 Å². The lowest BCUT2D eigenvalue weighted by Crippen LogP contribution is -2.03. The fourth-order valence-electron chi connectivity index (χ4n) is 2.62. The molecule has 1 unspecified atom stereocenters. The molecule has 1 aromatic rings. The summed E-state index contributed by atoms with van der Waals surface area (Å²) in [7, 11) is -3.73. The van der Waals surface area contributed by atoms with E-state index in [-0.39, 0.29) is 24.6 Å². The Morgan fingerprint density at radius 2 is 1.82 bits per heavy atom. The molecule has 0 saturated heterocycles. The Balaban J connectivity index is 2.87. The second-order valence-corrected chi connectivity index (χ2v) is 9.05. The van der Waals surface area contributed by atoms with E-state index < -0.39 is 7.60 Å². The number of allylic oxidation sites excluding steroid dienone is 4. The number of ether oxygens (including phenoxy) is 1. The molecule has 5 nitrogen and oxygen atoms in total. The average Bonchev–Trinajstić information content (AvgIpc) is 2.60. The molecule has 0 spiro atoms. The molecule has 0 radical (unpaired) electrons. The molecule has 0 bridgehead atoms. The molecule has 0 aliphatic heterocycles. The Hall–Kier alpha value is -1.81. The van der Waals surface area contributed by atoms with Crippen LogP contribution >= 0.6 is 7.60 Å². The number of aliphatic hydroxyl groups is 1. The molecule has 0 heterocycles. The van der Waals surface area contributed by atoms with Crippen molar-refractivity contribution in [3.05, 3.63) is 64.5 Å². The van der Waals surface area contributed by atoms with Crippen LogP contribution in [0.1, 0.15) is 44.4 Å². The van der Waals surface area contributed by atoms with Crippen LogP contribution in [0.3, 0.4) is 0 Å². The monoisotopic (exact) mass is 408 g/mol. The molecule has 0 amide bonds. The summed E-state index contributed by atoms with van der Waals surface area (Å²) in [6.07, 6.45) is 3.77. The molecule has 0 aliphatic carbocycles. The third-order valence-electron chi connectivity index (χ3n) is 4.55. The predicted octanol–water partition coefficient (Wildman–Crippen LogP) is 6.00. The Kier molecular flexibility index (Phi) is 9.22. The SMILES string of the molecule is C=C(/C=C\C(O)=C(/C)C(C)C)Cc1c(C)cc(OCP(=O)(O)OCC)cc1C. The van der Waals surface area contributed by atoms with Gasteiger partial charge < -0.3 is 19.3 Å². The van der Waals surface area contributed by atoms with Gasteiger partial charge in [-0.15, -0.1) is 0 Å². The Bertz CT molecular complexity index is 782. The van der Waals surface area contributed by atoms with Crippen molar-refractivity contribution in [1.29, 1.82) is 0 Å². The van der Waals surface area contributed by atoms with Gasteiger partial charge in [0.1, 0.15) is 11.5 Å². The van der Waals surface area contributed by atoms with Crippen LogP contribution in [0, 0.1) is 19.8 Å². The Morgan fingerprint density at radius 3 is 2.32 bits per heavy atom. The zero-order valence-corrected chi connectivity index (χ0v) is 18.7. The number of hydrogen-bond acceptors (Lipinski definition) is 4. The van der Waals surface area contributed by atoms with Crippen LogP contribution in [0.4, 0.5) is 0 Å². The van der Waals surface area contributed by atoms with E-state index in [0.29, 0.717) is 12.2 Å². The lowest BCUT2D eigenvalue weighted by molar-refractivity contribution is 0.241. The highest BCUT2D eigenvalue weighted by molar-refractivity contribution is 7.52. The fourth-order valence-corrected chi connectivity index (χ4v) is 3.41. The number of aryl methyl sites for hydroxylation is 2. The molecule has 0 aromatic heterocycles. The average molecular weight is 408 g/mol. The second kappa shape index (κ2) is 10.7. The highest BCUT2D eigenvalue weighted by Crippen LogP contribution is 2.41. The molecule has 1 aromatic carbocycles. The Labute approximate surface area is 168 Å². The smallest absolute Gasteiger partial charge is 0.365 e. The van der Waals surface area contributed by atoms with Crippen molar-refractivity contribution in [1.82, 2.24) is 0 Å². The summed E-state index contributed by atoms with van der Waals surface area (Å²) in [4.78, 5) is 9.63. The minimum atomic E-state index is -3.73. The van der Waals surface area contributed by atoms with Crippen LogP contribution in [-0.4, -0.2) is 23.0 Å². The maximum Gasteiger partial charge on any atom is 0.365 e. The summed E-state index contributed by atoms with van der Waals surface area (Å²) >= 11 is 0. The van der Waals surface area contributed by atoms with Gasteiger partial charge in [-0.3, -0.25) is 4.57 Å². The van der Waals surface area contributed by atoms with Crippen molar-refractivity contribution in [2.24, 2.45) is 5.92 Å². The van der Waals surface area contributed by atoms with E-state index in [0.717, 1.165) is 27.8 Å². The summed E-state index contributed by atoms with van der Waals surface area (Å²) < 4.78 is 22.0. The maximum absolute atomic E-state index is 11.8. The topological polar surface area (TPSA) is 76.0 Å². The van der Waals surface area contributed by atoms with Gasteiger partial charge in [-0.1, -0.05) is 32.1 Å². The molecule has 0 aliphatic rings. The quantitative estimate of drug-likeness (QED) is 0.282. The van der Waals surface area contributed by atoms with E-state index in [4.69, 9.17) is 9.26 Å². The molecule has 6 heteroatoms. The van der Waals surface area contributed by atoms with Crippen molar-refractivity contribution in [2.45, 2.75) is 48.0 Å². The summed E-state index contributed by atoms with van der Waals surface area (Å²) in [5.41, 5.74) is 4.94. The molecule has 0 saturated carbocycles. The molecular formula is C22H33O5P. The van der Waals surface area contributed by atoms with Crippen molar-refractivity contribution < 1.29 is 23.8 Å². The van der Waals surface area contributed by atoms with Crippen molar-refractivity contribution in [2.75, 3.05) is 13.0 Å². The Morgan fingerprint density at radius 1 is 1.25 bits per heavy atom. The van der Waals surface area contributed by atoms with Crippen LogP contribution in [0.5, 0.6) is 5.75 Å². The van der Waals surface area contributed by atoms with E-state index in [1.807, 2.05) is 52.8 Å². The molecule has 1 atom stereocenters. The summed E-state index contributed by atoms with van der Waals surface area (Å²) in [6, 6.07) is 3.68. The normalized spacial score (nSPS) is 14.9. The highest BCUT2D eigenvalue weighted by atomic mass is 31.2. The molecular weight excluding hydrogens is 375 g/mol. The van der Waals surface area contributed by atoms with Gasteiger partial charge in [-0.25, -0.2) is 0 Å². The van der Waals surface area contributed by atoms with Gasteiger partial charge in [0.05, 0.1) is 6.61 Å². The van der Waals surface area contributed by atoms with Crippen LogP contribution < -0.4 is 4.74 Å². The van der Waals surface area contributed by atoms with Crippen LogP contribution in [0.15, 0.2) is 47.8 Å². The summed E-state index contributed by atoms with van der Waals surface area (Å²) in [5.74, 6) is 1.09. The number of rotatable bonds is 10. The van der Waals surface area contributed by atoms with E-state index in [9.17, 15) is 14.6 Å². The van der Waals surface area contributed by atoms with E-state index in [1.165, 1.54) is 0 Å². The van der Waals surface area contributed by atoms with Crippen LogP contribution in [-0.2, 0) is 15.5 Å². The number of aliphatic hydroxyl groups excluding tert-OH is 1. The summed E-state index contributed by atoms with van der Waals surface area (Å²) in [6.45, 7) is 15.8. The number of benzene rings is 1. The zero-order valence-electron chi connectivity index (χ0n) is 17.8. The van der Waals surface area contributed by atoms with Gasteiger partial charge in [0.2, 0.25) is 0 Å². The van der Waals surface area contributed by atoms with Gasteiger partial charge in [-0.05, 0) is 80.5 Å². The minimum Gasteiger partial charge on any atom is -0.508 e. The highest BCUT2D eigenvalue weighted by Gasteiger charge is 2.20. The molecule has 1 rings (SSSR count). The fraction of sp³-hybridized carbons (Fsp3) is 0.455. The van der Waals surface area contributed by atoms with Crippen molar-refractivity contribution in [3.8, 4) is 5.75 Å². The lowest BCUT2D eigenvalue weighted by atomic mass is 9.96. The van der Waals surface area contributed by atoms with Gasteiger partial charge >= 0.3 is 7.60 Å². The first-order valence-electron chi connectivity index (χ1n) is 9.41. The first-order valence-corrected chi connectivity index (χ1v) is 11.2. The molecule has 2 N–H and O–H groups in total. The van der Waals surface area contributed by atoms with Gasteiger partial charge in [-0.2, -0.15) is 0 Å². The standard InChI is InChI=1S/C22H33O5P/c1-8-27-28(24,25)14-26-20-12-17(5)21(18(6)13-20)11-16(4)9-10-22(23)19(7)15(2)3/h9-10,12-13,15,23H,4,8,11,14H2,1-3,5-7H3,(H,24,25)/b10-9-,22-19-. The first-order chi connectivity index (χ1) is 13.0. The maximum atomic E-state index is 11.8. The van der Waals surface area contributed by atoms with Gasteiger partial charge in [0.25, 0.3) is 0 Å². The van der Waals surface area contributed by atoms with Crippen LogP contribution in [0.25, 0.3) is 0 Å². The van der Waals surface area contributed by atoms with Gasteiger partial charge in [0.15, 0.2) is 6.35 Å². The third kappa shape index (κ3) is 7.67. The third-order valence-corrected chi connectivity index (χ3v) is 5.66. The van der Waals surface area contributed by atoms with E-state index >= 15 is 0 Å². The molecule has 28 heavy (non-hydrogen) atoms. The van der Waals surface area contributed by atoms with Crippen molar-refractivity contribution >= 4 is 7.60 Å².